The maximum Gasteiger partial charge on any atom is 0.243 e. The molecule has 0 amide bonds. The molecule has 0 aliphatic heterocycles. The minimum atomic E-state index is -3.90. The predicted molar refractivity (Wildman–Crippen MR) is 72.1 cm³/mol. The van der Waals surface area contributed by atoms with Gasteiger partial charge in [-0.15, -0.1) is 0 Å². The van der Waals surface area contributed by atoms with Crippen LogP contribution in [0.2, 0.25) is 5.02 Å². The Balaban J connectivity index is 2.81. The lowest BCUT2D eigenvalue weighted by Gasteiger charge is -2.14. The third-order valence-electron chi connectivity index (χ3n) is 2.86. The lowest BCUT2D eigenvalue weighted by molar-refractivity contribution is 0.254. The van der Waals surface area contributed by atoms with Crippen LogP contribution in [0.15, 0.2) is 23.1 Å². The minimum Gasteiger partial charge on any atom is -0.396 e. The van der Waals surface area contributed by atoms with Gasteiger partial charge in [0.2, 0.25) is 10.0 Å². The van der Waals surface area contributed by atoms with Crippen molar-refractivity contribution in [1.82, 2.24) is 4.72 Å². The summed E-state index contributed by atoms with van der Waals surface area (Å²) in [4.78, 5) is -0.421. The summed E-state index contributed by atoms with van der Waals surface area (Å²) in [7, 11) is -3.90. The van der Waals surface area contributed by atoms with Gasteiger partial charge in [0.15, 0.2) is 0 Å². The van der Waals surface area contributed by atoms with E-state index in [1.54, 1.807) is 0 Å². The zero-order valence-electron chi connectivity index (χ0n) is 10.6. The van der Waals surface area contributed by atoms with E-state index in [2.05, 4.69) is 4.72 Å². The summed E-state index contributed by atoms with van der Waals surface area (Å²) in [6.45, 7) is 2.06. The maximum atomic E-state index is 13.6. The van der Waals surface area contributed by atoms with Gasteiger partial charge < -0.3 is 5.11 Å². The van der Waals surface area contributed by atoms with E-state index in [1.807, 2.05) is 6.92 Å². The molecule has 7 heteroatoms. The number of aliphatic hydroxyl groups is 1. The number of nitrogens with one attached hydrogen (secondary N) is 1. The normalized spacial score (nSPS) is 13.5. The highest BCUT2D eigenvalue weighted by Crippen LogP contribution is 2.19. The fourth-order valence-electron chi connectivity index (χ4n) is 1.63. The summed E-state index contributed by atoms with van der Waals surface area (Å²) in [5, 5.41) is 8.98. The first-order chi connectivity index (χ1) is 8.90. The molecule has 19 heavy (non-hydrogen) atoms. The SMILES string of the molecule is CCC(CCO)CNS(=O)(=O)c1ccc(Cl)cc1F. The fraction of sp³-hybridized carbons (Fsp3) is 0.500. The van der Waals surface area contributed by atoms with Crippen LogP contribution in [0.3, 0.4) is 0 Å². The molecule has 1 aromatic carbocycles. The lowest BCUT2D eigenvalue weighted by Crippen LogP contribution is -2.30. The Kier molecular flexibility index (Phi) is 6.19. The van der Waals surface area contributed by atoms with Crippen LogP contribution in [0.5, 0.6) is 0 Å². The van der Waals surface area contributed by atoms with Crippen molar-refractivity contribution >= 4 is 21.6 Å². The standard InChI is InChI=1S/C12H17ClFNO3S/c1-2-9(5-6-16)8-15-19(17,18)12-4-3-10(13)7-11(12)14/h3-4,7,9,15-16H,2,5-6,8H2,1H3. The number of hydrogen-bond donors (Lipinski definition) is 2. The minimum absolute atomic E-state index is 0.00442. The molecule has 0 bridgehead atoms. The van der Waals surface area contributed by atoms with Crippen molar-refractivity contribution in [2.75, 3.05) is 13.2 Å². The van der Waals surface area contributed by atoms with Crippen molar-refractivity contribution in [3.8, 4) is 0 Å². The van der Waals surface area contributed by atoms with Gasteiger partial charge in [-0.1, -0.05) is 24.9 Å². The number of aliphatic hydroxyl groups excluding tert-OH is 1. The summed E-state index contributed by atoms with van der Waals surface area (Å²) in [6.07, 6.45) is 1.23. The highest BCUT2D eigenvalue weighted by atomic mass is 35.5. The Hall–Kier alpha value is -0.690. The first kappa shape index (κ1) is 16.4. The van der Waals surface area contributed by atoms with Crippen LogP contribution >= 0.6 is 11.6 Å². The van der Waals surface area contributed by atoms with Crippen molar-refractivity contribution in [3.05, 3.63) is 29.0 Å². The first-order valence-corrected chi connectivity index (χ1v) is 7.82. The van der Waals surface area contributed by atoms with E-state index in [9.17, 15) is 12.8 Å². The van der Waals surface area contributed by atoms with Crippen molar-refractivity contribution in [2.24, 2.45) is 5.92 Å². The number of hydrogen-bond acceptors (Lipinski definition) is 3. The van der Waals surface area contributed by atoms with Gasteiger partial charge in [-0.2, -0.15) is 0 Å². The van der Waals surface area contributed by atoms with Crippen molar-refractivity contribution in [1.29, 1.82) is 0 Å². The molecule has 0 fully saturated rings. The van der Waals surface area contributed by atoms with Crippen molar-refractivity contribution in [3.63, 3.8) is 0 Å². The molecule has 0 saturated heterocycles. The van der Waals surface area contributed by atoms with Crippen LogP contribution in [0, 0.1) is 11.7 Å². The average Bonchev–Trinajstić information content (AvgIpc) is 2.34. The summed E-state index contributed by atoms with van der Waals surface area (Å²) in [6, 6.07) is 3.42. The molecule has 0 saturated carbocycles. The van der Waals surface area contributed by atoms with Crippen LogP contribution < -0.4 is 4.72 Å². The Morgan fingerprint density at radius 2 is 2.16 bits per heavy atom. The van der Waals surface area contributed by atoms with Gasteiger partial charge >= 0.3 is 0 Å². The second-order valence-corrected chi connectivity index (χ2v) is 6.39. The van der Waals surface area contributed by atoms with Gasteiger partial charge in [-0.3, -0.25) is 0 Å². The van der Waals surface area contributed by atoms with Gasteiger partial charge in [-0.05, 0) is 30.5 Å². The molecule has 108 valence electrons. The smallest absolute Gasteiger partial charge is 0.243 e. The van der Waals surface area contributed by atoms with E-state index >= 15 is 0 Å². The van der Waals surface area contributed by atoms with Crippen LogP contribution in [0.25, 0.3) is 0 Å². The summed E-state index contributed by atoms with van der Waals surface area (Å²) in [5.41, 5.74) is 0. The average molecular weight is 310 g/mol. The van der Waals surface area contributed by atoms with E-state index < -0.39 is 20.7 Å². The summed E-state index contributed by atoms with van der Waals surface area (Å²) < 4.78 is 39.8. The van der Waals surface area contributed by atoms with Crippen LogP contribution in [0.4, 0.5) is 4.39 Å². The molecule has 0 aromatic heterocycles. The predicted octanol–water partition coefficient (Wildman–Crippen LogP) is 2.17. The zero-order valence-corrected chi connectivity index (χ0v) is 12.1. The molecule has 0 spiro atoms. The number of benzene rings is 1. The number of halogens is 2. The van der Waals surface area contributed by atoms with E-state index in [0.717, 1.165) is 18.6 Å². The Morgan fingerprint density at radius 1 is 1.47 bits per heavy atom. The monoisotopic (exact) mass is 309 g/mol. The fourth-order valence-corrected chi connectivity index (χ4v) is 2.96. The van der Waals surface area contributed by atoms with Crippen LogP contribution in [-0.2, 0) is 10.0 Å². The number of rotatable bonds is 7. The molecule has 0 radical (unpaired) electrons. The van der Waals surface area contributed by atoms with Gasteiger partial charge in [-0.25, -0.2) is 17.5 Å². The lowest BCUT2D eigenvalue weighted by atomic mass is 10.0. The quantitative estimate of drug-likeness (QED) is 0.811. The third-order valence-corrected chi connectivity index (χ3v) is 4.55. The Morgan fingerprint density at radius 3 is 2.68 bits per heavy atom. The van der Waals surface area contributed by atoms with Crippen LogP contribution in [0.1, 0.15) is 19.8 Å². The molecule has 4 nitrogen and oxygen atoms in total. The second kappa shape index (κ2) is 7.19. The van der Waals surface area contributed by atoms with Gasteiger partial charge in [0.1, 0.15) is 10.7 Å². The third kappa shape index (κ3) is 4.72. The van der Waals surface area contributed by atoms with E-state index in [0.29, 0.717) is 6.42 Å². The van der Waals surface area contributed by atoms with Gasteiger partial charge in [0.05, 0.1) is 0 Å². The Labute approximate surface area is 117 Å². The molecular formula is C12H17ClFNO3S. The van der Waals surface area contributed by atoms with E-state index in [-0.39, 0.29) is 24.1 Å². The molecule has 1 atom stereocenters. The molecule has 0 heterocycles. The molecule has 1 aromatic rings. The highest BCUT2D eigenvalue weighted by Gasteiger charge is 2.20. The molecule has 0 aliphatic rings. The van der Waals surface area contributed by atoms with Gasteiger partial charge in [0.25, 0.3) is 0 Å². The molecular weight excluding hydrogens is 293 g/mol. The number of sulfonamides is 1. The first-order valence-electron chi connectivity index (χ1n) is 5.96. The summed E-state index contributed by atoms with van der Waals surface area (Å²) in [5.74, 6) is -0.856. The van der Waals surface area contributed by atoms with Crippen LogP contribution in [-0.4, -0.2) is 26.7 Å². The Bertz CT molecular complexity index is 522. The maximum absolute atomic E-state index is 13.6. The molecule has 2 N–H and O–H groups in total. The summed E-state index contributed by atoms with van der Waals surface area (Å²) >= 11 is 5.58. The van der Waals surface area contributed by atoms with Crippen molar-refractivity contribution in [2.45, 2.75) is 24.7 Å². The van der Waals surface area contributed by atoms with Crippen molar-refractivity contribution < 1.29 is 17.9 Å². The highest BCUT2D eigenvalue weighted by molar-refractivity contribution is 7.89. The molecule has 1 unspecified atom stereocenters. The topological polar surface area (TPSA) is 66.4 Å². The van der Waals surface area contributed by atoms with E-state index in [1.165, 1.54) is 6.07 Å². The molecule has 1 rings (SSSR count). The zero-order chi connectivity index (χ0) is 14.5. The molecule has 0 aliphatic carbocycles. The largest absolute Gasteiger partial charge is 0.396 e. The second-order valence-electron chi connectivity index (χ2n) is 4.21. The van der Waals surface area contributed by atoms with Gasteiger partial charge in [0, 0.05) is 18.2 Å². The van der Waals surface area contributed by atoms with E-state index in [4.69, 9.17) is 16.7 Å².